The molecular formula is C7H13NO2. The second-order valence-electron chi connectivity index (χ2n) is 1.81. The lowest BCUT2D eigenvalue weighted by Crippen LogP contribution is -2.09. The molecule has 0 radical (unpaired) electrons. The van der Waals surface area contributed by atoms with Gasteiger partial charge in [0.05, 0.1) is 18.9 Å². The van der Waals surface area contributed by atoms with E-state index >= 15 is 0 Å². The molecule has 58 valence electrons. The van der Waals surface area contributed by atoms with E-state index in [4.69, 9.17) is 9.94 Å². The van der Waals surface area contributed by atoms with E-state index in [1.807, 2.05) is 6.92 Å². The highest BCUT2D eigenvalue weighted by atomic mass is 16.5. The van der Waals surface area contributed by atoms with Gasteiger partial charge in [0.15, 0.2) is 0 Å². The Morgan fingerprint density at radius 3 is 2.90 bits per heavy atom. The predicted molar refractivity (Wildman–Crippen MR) is 40.5 cm³/mol. The number of hydrogen-bond acceptors (Lipinski definition) is 3. The summed E-state index contributed by atoms with van der Waals surface area (Å²) in [6.07, 6.45) is 3.98. The minimum Gasteiger partial charge on any atom is -0.411 e. The highest BCUT2D eigenvalue weighted by Gasteiger charge is 1.97. The standard InChI is InChI=1S/C7H13NO2/c1-3-7(4-2)10-6-5-8-9/h3,5,7,9H,1,4,6H2,2H3/b8-5+/t7-/m0/s1. The van der Waals surface area contributed by atoms with Crippen LogP contribution in [0.3, 0.4) is 0 Å². The molecule has 0 unspecified atom stereocenters. The Balaban J connectivity index is 3.34. The fourth-order valence-electron chi connectivity index (χ4n) is 0.553. The quantitative estimate of drug-likeness (QED) is 0.274. The summed E-state index contributed by atoms with van der Waals surface area (Å²) < 4.78 is 5.15. The summed E-state index contributed by atoms with van der Waals surface area (Å²) >= 11 is 0. The zero-order valence-electron chi connectivity index (χ0n) is 6.16. The lowest BCUT2D eigenvalue weighted by molar-refractivity contribution is 0.115. The number of hydrogen-bond donors (Lipinski definition) is 1. The van der Waals surface area contributed by atoms with E-state index in [9.17, 15) is 0 Å². The Hall–Kier alpha value is -0.830. The van der Waals surface area contributed by atoms with Crippen molar-refractivity contribution in [3.8, 4) is 0 Å². The maximum Gasteiger partial charge on any atom is 0.0860 e. The number of ether oxygens (including phenoxy) is 1. The molecule has 0 aliphatic rings. The molecule has 10 heavy (non-hydrogen) atoms. The fraction of sp³-hybridized carbons (Fsp3) is 0.571. The molecule has 0 saturated heterocycles. The first-order chi connectivity index (χ1) is 4.85. The van der Waals surface area contributed by atoms with Gasteiger partial charge in [0.2, 0.25) is 0 Å². The molecule has 0 heterocycles. The van der Waals surface area contributed by atoms with Crippen LogP contribution in [0.25, 0.3) is 0 Å². The average molecular weight is 143 g/mol. The summed E-state index contributed by atoms with van der Waals surface area (Å²) in [6.45, 7) is 5.92. The van der Waals surface area contributed by atoms with Crippen molar-refractivity contribution in [2.75, 3.05) is 6.61 Å². The third-order valence-corrected chi connectivity index (χ3v) is 1.13. The normalized spacial score (nSPS) is 13.7. The lowest BCUT2D eigenvalue weighted by atomic mass is 10.3. The molecule has 0 fully saturated rings. The van der Waals surface area contributed by atoms with Crippen LogP contribution in [0.4, 0.5) is 0 Å². The Bertz CT molecular complexity index is 112. The average Bonchev–Trinajstić information content (AvgIpc) is 1.99. The molecule has 3 nitrogen and oxygen atoms in total. The minimum atomic E-state index is 0.0676. The van der Waals surface area contributed by atoms with Gasteiger partial charge < -0.3 is 9.94 Å². The van der Waals surface area contributed by atoms with Gasteiger partial charge in [-0.3, -0.25) is 0 Å². The highest BCUT2D eigenvalue weighted by molar-refractivity contribution is 5.57. The van der Waals surface area contributed by atoms with E-state index < -0.39 is 0 Å². The number of oxime groups is 1. The van der Waals surface area contributed by atoms with Gasteiger partial charge in [0.1, 0.15) is 0 Å². The van der Waals surface area contributed by atoms with Gasteiger partial charge in [-0.25, -0.2) is 0 Å². The molecule has 0 rings (SSSR count). The summed E-state index contributed by atoms with van der Waals surface area (Å²) in [5, 5.41) is 10.8. The van der Waals surface area contributed by atoms with Crippen LogP contribution in [0.5, 0.6) is 0 Å². The van der Waals surface area contributed by atoms with Crippen molar-refractivity contribution in [3.63, 3.8) is 0 Å². The molecular weight excluding hydrogens is 130 g/mol. The van der Waals surface area contributed by atoms with E-state index in [1.165, 1.54) is 6.21 Å². The van der Waals surface area contributed by atoms with Gasteiger partial charge in [-0.2, -0.15) is 0 Å². The highest BCUT2D eigenvalue weighted by Crippen LogP contribution is 1.96. The zero-order valence-corrected chi connectivity index (χ0v) is 6.16. The van der Waals surface area contributed by atoms with Crippen molar-refractivity contribution < 1.29 is 9.94 Å². The van der Waals surface area contributed by atoms with Crippen molar-refractivity contribution in [1.29, 1.82) is 0 Å². The van der Waals surface area contributed by atoms with Gasteiger partial charge in [-0.15, -0.1) is 6.58 Å². The number of nitrogens with zero attached hydrogens (tertiary/aromatic N) is 1. The van der Waals surface area contributed by atoms with Gasteiger partial charge in [0.25, 0.3) is 0 Å². The second kappa shape index (κ2) is 6.29. The largest absolute Gasteiger partial charge is 0.411 e. The predicted octanol–water partition coefficient (Wildman–Crippen LogP) is 1.43. The molecule has 0 aromatic rings. The van der Waals surface area contributed by atoms with Crippen LogP contribution in [-0.2, 0) is 4.74 Å². The van der Waals surface area contributed by atoms with Gasteiger partial charge in [-0.1, -0.05) is 18.2 Å². The van der Waals surface area contributed by atoms with Crippen molar-refractivity contribution in [2.45, 2.75) is 19.4 Å². The van der Waals surface area contributed by atoms with Crippen molar-refractivity contribution in [2.24, 2.45) is 5.16 Å². The Morgan fingerprint density at radius 1 is 1.80 bits per heavy atom. The molecule has 3 heteroatoms. The molecule has 0 saturated carbocycles. The SMILES string of the molecule is C=C[C@@H](CC)OC/C=N/O. The molecule has 0 aromatic carbocycles. The minimum absolute atomic E-state index is 0.0676. The van der Waals surface area contributed by atoms with Gasteiger partial charge in [-0.05, 0) is 6.42 Å². The summed E-state index contributed by atoms with van der Waals surface area (Å²) in [7, 11) is 0. The molecule has 0 spiro atoms. The molecule has 1 N–H and O–H groups in total. The summed E-state index contributed by atoms with van der Waals surface area (Å²) in [6, 6.07) is 0. The first-order valence-corrected chi connectivity index (χ1v) is 3.25. The third kappa shape index (κ3) is 4.09. The molecule has 0 aliphatic carbocycles. The molecule has 0 bridgehead atoms. The zero-order chi connectivity index (χ0) is 7.82. The van der Waals surface area contributed by atoms with Crippen LogP contribution in [0, 0.1) is 0 Å². The Labute approximate surface area is 61.0 Å². The topological polar surface area (TPSA) is 41.8 Å². The lowest BCUT2D eigenvalue weighted by Gasteiger charge is -2.07. The molecule has 0 aliphatic heterocycles. The van der Waals surface area contributed by atoms with E-state index in [2.05, 4.69) is 11.7 Å². The van der Waals surface area contributed by atoms with Crippen LogP contribution in [-0.4, -0.2) is 24.1 Å². The van der Waals surface area contributed by atoms with Crippen molar-refractivity contribution in [3.05, 3.63) is 12.7 Å². The second-order valence-corrected chi connectivity index (χ2v) is 1.81. The summed E-state index contributed by atoms with van der Waals surface area (Å²) in [5.74, 6) is 0. The van der Waals surface area contributed by atoms with Gasteiger partial charge >= 0.3 is 0 Å². The Morgan fingerprint density at radius 2 is 2.50 bits per heavy atom. The monoisotopic (exact) mass is 143 g/mol. The number of rotatable bonds is 5. The fourth-order valence-corrected chi connectivity index (χ4v) is 0.553. The van der Waals surface area contributed by atoms with Crippen molar-refractivity contribution >= 4 is 6.21 Å². The van der Waals surface area contributed by atoms with E-state index in [0.717, 1.165) is 6.42 Å². The van der Waals surface area contributed by atoms with Crippen LogP contribution in [0.15, 0.2) is 17.8 Å². The van der Waals surface area contributed by atoms with Crippen LogP contribution in [0.2, 0.25) is 0 Å². The first kappa shape index (κ1) is 9.17. The molecule has 1 atom stereocenters. The van der Waals surface area contributed by atoms with E-state index in [-0.39, 0.29) is 6.10 Å². The van der Waals surface area contributed by atoms with E-state index in [1.54, 1.807) is 6.08 Å². The van der Waals surface area contributed by atoms with Crippen molar-refractivity contribution in [1.82, 2.24) is 0 Å². The van der Waals surface area contributed by atoms with Crippen LogP contribution < -0.4 is 0 Å². The Kier molecular flexibility index (Phi) is 5.77. The van der Waals surface area contributed by atoms with Crippen LogP contribution in [0.1, 0.15) is 13.3 Å². The van der Waals surface area contributed by atoms with Crippen LogP contribution >= 0.6 is 0 Å². The summed E-state index contributed by atoms with van der Waals surface area (Å²) in [4.78, 5) is 0. The summed E-state index contributed by atoms with van der Waals surface area (Å²) in [5.41, 5.74) is 0. The van der Waals surface area contributed by atoms with E-state index in [0.29, 0.717) is 6.61 Å². The van der Waals surface area contributed by atoms with Gasteiger partial charge in [0, 0.05) is 0 Å². The smallest absolute Gasteiger partial charge is 0.0860 e. The maximum atomic E-state index is 7.99. The maximum absolute atomic E-state index is 7.99. The third-order valence-electron chi connectivity index (χ3n) is 1.13. The molecule has 0 amide bonds. The molecule has 0 aromatic heterocycles. The first-order valence-electron chi connectivity index (χ1n) is 3.25.